The number of halogens is 7. The van der Waals surface area contributed by atoms with Gasteiger partial charge < -0.3 is 28.6 Å². The molecule has 0 aliphatic carbocycles. The normalized spacial score (nSPS) is 15.5. The number of alkyl halides is 5. The van der Waals surface area contributed by atoms with E-state index in [1.54, 1.807) is 19.1 Å². The molecule has 0 amide bonds. The zero-order valence-electron chi connectivity index (χ0n) is 33.1. The van der Waals surface area contributed by atoms with Crippen molar-refractivity contribution in [3.05, 3.63) is 95.0 Å². The third kappa shape index (κ3) is 9.12. The predicted octanol–water partition coefficient (Wildman–Crippen LogP) is 8.31. The second-order valence-corrected chi connectivity index (χ2v) is 14.8. The number of benzene rings is 2. The van der Waals surface area contributed by atoms with Crippen molar-refractivity contribution in [2.75, 3.05) is 46.4 Å². The Bertz CT molecular complexity index is 2550. The van der Waals surface area contributed by atoms with Gasteiger partial charge in [-0.05, 0) is 55.4 Å². The Morgan fingerprint density at radius 2 is 1.80 bits per heavy atom. The van der Waals surface area contributed by atoms with Crippen LogP contribution < -0.4 is 14.2 Å². The number of hydrogen-bond acceptors (Lipinski definition) is 11. The first-order valence-electron chi connectivity index (χ1n) is 18.8. The maximum absolute atomic E-state index is 16.7. The number of ether oxygens (including phenoxy) is 3. The quantitative estimate of drug-likeness (QED) is 0.100. The van der Waals surface area contributed by atoms with Gasteiger partial charge in [-0.25, -0.2) is 14.8 Å². The third-order valence-corrected chi connectivity index (χ3v) is 11.1. The van der Waals surface area contributed by atoms with E-state index < -0.39 is 66.2 Å². The summed E-state index contributed by atoms with van der Waals surface area (Å²) < 4.78 is 127. The summed E-state index contributed by atoms with van der Waals surface area (Å²) in [6.45, 7) is 1.39. The number of likely N-dealkylation sites (N-methyl/N-ethyl adjacent to an activating group) is 1. The van der Waals surface area contributed by atoms with Crippen LogP contribution in [0.1, 0.15) is 19.6 Å². The van der Waals surface area contributed by atoms with Crippen molar-refractivity contribution in [2.45, 2.75) is 38.2 Å². The molecule has 0 saturated carbocycles. The average molecular weight is 867 g/mol. The van der Waals surface area contributed by atoms with Gasteiger partial charge in [0.1, 0.15) is 48.1 Å². The molecule has 1 aliphatic rings. The Morgan fingerprint density at radius 3 is 2.51 bits per heavy atom. The number of hydrogen-bond donors (Lipinski definition) is 1. The van der Waals surface area contributed by atoms with Gasteiger partial charge in [0, 0.05) is 50.6 Å². The molecule has 1 unspecified atom stereocenters. The number of carbonyl (C=O) groups is 1. The molecule has 20 heteroatoms. The van der Waals surface area contributed by atoms with Crippen molar-refractivity contribution >= 4 is 39.1 Å². The van der Waals surface area contributed by atoms with Gasteiger partial charge in [-0.3, -0.25) is 9.58 Å². The van der Waals surface area contributed by atoms with E-state index in [0.717, 1.165) is 80.4 Å². The standard InChI is InChI=1S/C39H35ClF6N6O6S/c1-22-24(7-8-27(32(22)40)55-18-17-51-15-13-50(2)14-16-51)30-31-35(47-21-48-36(31)59-33(30)28-9-10-29(41)57-28)58-34(37(53)54)39(45,46)25-5-3-4-6-26(25)56-19-23-11-12-49-52(23)20-38(42,43)44/h3-12,21,34H,13-20H2,1-2H3,(H,53,54)/i19D2. The highest BCUT2D eigenvalue weighted by atomic mass is 35.5. The minimum Gasteiger partial charge on any atom is -0.491 e. The van der Waals surface area contributed by atoms with Crippen LogP contribution in [0, 0.1) is 12.9 Å². The van der Waals surface area contributed by atoms with E-state index in [1.165, 1.54) is 12.1 Å². The third-order valence-electron chi connectivity index (χ3n) is 9.47. The largest absolute Gasteiger partial charge is 0.491 e. The molecule has 59 heavy (non-hydrogen) atoms. The first-order chi connectivity index (χ1) is 28.8. The smallest absolute Gasteiger partial charge is 0.408 e. The van der Waals surface area contributed by atoms with Crippen LogP contribution >= 0.6 is 22.9 Å². The van der Waals surface area contributed by atoms with Gasteiger partial charge in [-0.2, -0.15) is 31.4 Å². The van der Waals surface area contributed by atoms with Crippen LogP contribution in [0.4, 0.5) is 26.3 Å². The van der Waals surface area contributed by atoms with Crippen LogP contribution in [0.2, 0.25) is 5.02 Å². The fourth-order valence-electron chi connectivity index (χ4n) is 6.45. The number of furan rings is 1. The van der Waals surface area contributed by atoms with E-state index in [4.69, 9.17) is 33.0 Å². The van der Waals surface area contributed by atoms with Crippen LogP contribution in [-0.4, -0.2) is 99.3 Å². The van der Waals surface area contributed by atoms with E-state index in [1.807, 2.05) is 0 Å². The molecule has 12 nitrogen and oxygen atoms in total. The molecular weight excluding hydrogens is 830 g/mol. The van der Waals surface area contributed by atoms with Crippen molar-refractivity contribution in [3.8, 4) is 39.1 Å². The van der Waals surface area contributed by atoms with Gasteiger partial charge in [-0.15, -0.1) is 11.3 Å². The van der Waals surface area contributed by atoms with E-state index in [-0.39, 0.29) is 36.1 Å². The zero-order chi connectivity index (χ0) is 43.9. The maximum Gasteiger partial charge on any atom is 0.408 e. The van der Waals surface area contributed by atoms with Crippen molar-refractivity contribution in [1.29, 1.82) is 0 Å². The number of fused-ring (bicyclic) bond motifs is 1. The molecule has 1 saturated heterocycles. The number of piperazine rings is 1. The summed E-state index contributed by atoms with van der Waals surface area (Å²) in [5.74, 6) is -7.88. The highest BCUT2D eigenvalue weighted by molar-refractivity contribution is 7.22. The number of nitrogens with zero attached hydrogens (tertiary/aromatic N) is 6. The summed E-state index contributed by atoms with van der Waals surface area (Å²) in [5.41, 5.74) is -0.929. The highest BCUT2D eigenvalue weighted by Crippen LogP contribution is 2.50. The Balaban J connectivity index is 1.25. The lowest BCUT2D eigenvalue weighted by atomic mass is 9.97. The van der Waals surface area contributed by atoms with Gasteiger partial charge in [0.25, 0.3) is 12.1 Å². The van der Waals surface area contributed by atoms with Crippen molar-refractivity contribution in [2.24, 2.45) is 0 Å². The van der Waals surface area contributed by atoms with Gasteiger partial charge in [0.2, 0.25) is 5.88 Å². The number of rotatable bonds is 15. The molecule has 312 valence electrons. The molecule has 6 aromatic rings. The Hall–Kier alpha value is -5.37. The summed E-state index contributed by atoms with van der Waals surface area (Å²) in [7, 11) is 2.06. The van der Waals surface area contributed by atoms with Crippen LogP contribution in [0.25, 0.3) is 32.0 Å². The molecular formula is C39H35ClF6N6O6S. The maximum atomic E-state index is 16.7. The molecule has 2 aromatic carbocycles. The predicted molar refractivity (Wildman–Crippen MR) is 205 cm³/mol. The molecule has 1 aliphatic heterocycles. The van der Waals surface area contributed by atoms with Gasteiger partial charge in [-0.1, -0.05) is 29.8 Å². The number of para-hydroxylation sites is 1. The average Bonchev–Trinajstić information content (AvgIpc) is 3.94. The summed E-state index contributed by atoms with van der Waals surface area (Å²) in [4.78, 5) is 26.0. The molecule has 4 aromatic heterocycles. The Labute approximate surface area is 344 Å². The summed E-state index contributed by atoms with van der Waals surface area (Å²) in [6.07, 6.45) is -6.06. The lowest BCUT2D eigenvalue weighted by Gasteiger charge is -2.32. The second-order valence-electron chi connectivity index (χ2n) is 13.5. The first kappa shape index (κ1) is 39.1. The van der Waals surface area contributed by atoms with Crippen molar-refractivity contribution < 1.29 is 57.6 Å². The van der Waals surface area contributed by atoms with Gasteiger partial charge in [0.05, 0.1) is 29.3 Å². The number of thiophene rings is 1. The molecule has 1 N–H and O–H groups in total. The highest BCUT2D eigenvalue weighted by Gasteiger charge is 2.51. The van der Waals surface area contributed by atoms with Crippen molar-refractivity contribution in [1.82, 2.24) is 29.5 Å². The zero-order valence-corrected chi connectivity index (χ0v) is 32.7. The molecule has 0 bridgehead atoms. The van der Waals surface area contributed by atoms with Crippen molar-refractivity contribution in [3.63, 3.8) is 0 Å². The molecule has 0 radical (unpaired) electrons. The summed E-state index contributed by atoms with van der Waals surface area (Å²) >= 11 is 7.83. The lowest BCUT2D eigenvalue weighted by molar-refractivity contribution is -0.169. The summed E-state index contributed by atoms with van der Waals surface area (Å²) in [6, 6.07) is 9.52. The minimum atomic E-state index is -4.81. The van der Waals surface area contributed by atoms with E-state index >= 15 is 8.78 Å². The van der Waals surface area contributed by atoms with Crippen LogP contribution in [-0.2, 0) is 23.8 Å². The van der Waals surface area contributed by atoms with Crippen LogP contribution in [0.5, 0.6) is 17.4 Å². The minimum absolute atomic E-state index is 0.0153. The fourth-order valence-corrected chi connectivity index (χ4v) is 7.78. The molecule has 0 spiro atoms. The molecule has 1 fully saturated rings. The van der Waals surface area contributed by atoms with Crippen LogP contribution in [0.3, 0.4) is 0 Å². The SMILES string of the molecule is [2H]C([2H])(Oc1ccccc1C(F)(F)C(Oc1ncnc2sc(-c3ccc(F)o3)c(-c3ccc(OCCN4CCN(C)CC4)c(Cl)c3C)c12)C(=O)O)c1ccnn1CC(F)(F)F. The van der Waals surface area contributed by atoms with Crippen LogP contribution in [0.15, 0.2) is 71.5 Å². The van der Waals surface area contributed by atoms with E-state index in [0.29, 0.717) is 30.0 Å². The number of aliphatic carboxylic acids is 1. The lowest BCUT2D eigenvalue weighted by Crippen LogP contribution is -2.45. The Morgan fingerprint density at radius 1 is 1.03 bits per heavy atom. The monoisotopic (exact) mass is 866 g/mol. The Kier molecular flexibility index (Phi) is 11.3. The van der Waals surface area contributed by atoms with E-state index in [2.05, 4.69) is 31.9 Å². The van der Waals surface area contributed by atoms with Gasteiger partial charge >= 0.3 is 18.1 Å². The number of aromatic nitrogens is 4. The number of carboxylic acids is 1. The molecule has 5 heterocycles. The second kappa shape index (κ2) is 17.1. The summed E-state index contributed by atoms with van der Waals surface area (Å²) in [5, 5.41) is 13.9. The number of carboxylic acid groups (broad SMARTS) is 1. The fraction of sp³-hybridized carbons (Fsp3) is 0.333. The molecule has 1 atom stereocenters. The van der Waals surface area contributed by atoms with Gasteiger partial charge in [0.15, 0.2) is 0 Å². The first-order valence-corrected chi connectivity index (χ1v) is 19.0. The van der Waals surface area contributed by atoms with E-state index in [9.17, 15) is 27.5 Å². The molecule has 7 rings (SSSR count). The topological polar surface area (TPSA) is 128 Å².